The Bertz CT molecular complexity index is 497. The summed E-state index contributed by atoms with van der Waals surface area (Å²) in [5.74, 6) is -1.68. The lowest BCUT2D eigenvalue weighted by Crippen LogP contribution is -2.18. The molecule has 0 spiro atoms. The molecule has 0 aromatic rings. The van der Waals surface area contributed by atoms with Crippen molar-refractivity contribution in [3.63, 3.8) is 0 Å². The van der Waals surface area contributed by atoms with Crippen LogP contribution in [0.4, 0.5) is 0 Å². The number of esters is 3. The van der Waals surface area contributed by atoms with Gasteiger partial charge in [0.2, 0.25) is 0 Å². The number of rotatable bonds is 7. The minimum atomic E-state index is -0.644. The summed E-state index contributed by atoms with van der Waals surface area (Å²) in [5, 5.41) is 0. The number of hydrogen-bond acceptors (Lipinski definition) is 6. The molecule has 0 saturated carbocycles. The van der Waals surface area contributed by atoms with Crippen molar-refractivity contribution in [2.45, 2.75) is 52.6 Å². The molecule has 1 saturated heterocycles. The summed E-state index contributed by atoms with van der Waals surface area (Å²) in [6, 6.07) is 0. The fraction of sp³-hybridized carbons (Fsp3) is 0.588. The standard InChI is InChI=1S/C17H24O6/c1-4-12(2)17(20)23-15(18)9-5-7-13(3)16(19)22-11-14-8-6-10-21-14/h4,7,14H,5-6,8-11H2,1-3H3. The molecule has 6 heteroatoms. The Kier molecular flexibility index (Phi) is 8.26. The maximum absolute atomic E-state index is 11.8. The molecule has 1 aliphatic heterocycles. The maximum atomic E-state index is 11.8. The van der Waals surface area contributed by atoms with Gasteiger partial charge in [-0.05, 0) is 40.0 Å². The monoisotopic (exact) mass is 324 g/mol. The number of ether oxygens (including phenoxy) is 3. The summed E-state index contributed by atoms with van der Waals surface area (Å²) >= 11 is 0. The van der Waals surface area contributed by atoms with Crippen molar-refractivity contribution < 1.29 is 28.6 Å². The van der Waals surface area contributed by atoms with Crippen LogP contribution in [0.1, 0.15) is 46.5 Å². The maximum Gasteiger partial charge on any atom is 0.341 e. The van der Waals surface area contributed by atoms with Crippen LogP contribution in [0.5, 0.6) is 0 Å². The molecule has 1 unspecified atom stereocenters. The molecule has 1 atom stereocenters. The summed E-state index contributed by atoms with van der Waals surface area (Å²) in [6.45, 7) is 5.85. The summed E-state index contributed by atoms with van der Waals surface area (Å²) in [6.07, 6.45) is 5.39. The van der Waals surface area contributed by atoms with E-state index in [0.29, 0.717) is 24.2 Å². The van der Waals surface area contributed by atoms with Crippen LogP contribution in [0, 0.1) is 0 Å². The van der Waals surface area contributed by atoms with E-state index < -0.39 is 17.9 Å². The van der Waals surface area contributed by atoms with Gasteiger partial charge in [0.05, 0.1) is 6.10 Å². The van der Waals surface area contributed by atoms with Gasteiger partial charge < -0.3 is 14.2 Å². The first-order valence-electron chi connectivity index (χ1n) is 7.77. The second-order valence-corrected chi connectivity index (χ2v) is 5.39. The first-order chi connectivity index (χ1) is 10.9. The van der Waals surface area contributed by atoms with Crippen LogP contribution in [-0.4, -0.2) is 37.2 Å². The third-order valence-corrected chi connectivity index (χ3v) is 3.51. The van der Waals surface area contributed by atoms with Crippen LogP contribution in [0.3, 0.4) is 0 Å². The van der Waals surface area contributed by atoms with E-state index in [1.54, 1.807) is 32.9 Å². The predicted molar refractivity (Wildman–Crippen MR) is 83.5 cm³/mol. The zero-order chi connectivity index (χ0) is 17.2. The molecule has 1 rings (SSSR count). The molecule has 1 heterocycles. The third-order valence-electron chi connectivity index (χ3n) is 3.51. The van der Waals surface area contributed by atoms with E-state index in [1.807, 2.05) is 0 Å². The minimum Gasteiger partial charge on any atom is -0.460 e. The SMILES string of the molecule is CC=C(C)C(=O)OC(=O)CCC=C(C)C(=O)OCC1CCCO1. The molecule has 1 aliphatic rings. The lowest BCUT2D eigenvalue weighted by molar-refractivity contribution is -0.156. The van der Waals surface area contributed by atoms with Gasteiger partial charge in [0.15, 0.2) is 0 Å². The summed E-state index contributed by atoms with van der Waals surface area (Å²) < 4.78 is 15.2. The second kappa shape index (κ2) is 9.94. The number of carbonyl (C=O) groups excluding carboxylic acids is 3. The van der Waals surface area contributed by atoms with Crippen LogP contribution in [0.2, 0.25) is 0 Å². The van der Waals surface area contributed by atoms with E-state index in [4.69, 9.17) is 9.47 Å². The summed E-state index contributed by atoms with van der Waals surface area (Å²) in [5.41, 5.74) is 0.801. The van der Waals surface area contributed by atoms with Gasteiger partial charge in [0.25, 0.3) is 0 Å². The van der Waals surface area contributed by atoms with Crippen molar-refractivity contribution in [1.29, 1.82) is 0 Å². The van der Waals surface area contributed by atoms with Crippen LogP contribution < -0.4 is 0 Å². The van der Waals surface area contributed by atoms with Crippen molar-refractivity contribution in [3.05, 3.63) is 23.3 Å². The average Bonchev–Trinajstić information content (AvgIpc) is 3.04. The lowest BCUT2D eigenvalue weighted by atomic mass is 10.2. The molecule has 128 valence electrons. The first kappa shape index (κ1) is 19.1. The fourth-order valence-electron chi connectivity index (χ4n) is 1.90. The van der Waals surface area contributed by atoms with Crippen LogP contribution in [-0.2, 0) is 28.6 Å². The molecule has 0 aromatic heterocycles. The molecule has 1 fully saturated rings. The molecule has 23 heavy (non-hydrogen) atoms. The zero-order valence-electron chi connectivity index (χ0n) is 13.9. The van der Waals surface area contributed by atoms with Gasteiger partial charge in [-0.1, -0.05) is 12.2 Å². The van der Waals surface area contributed by atoms with Crippen molar-refractivity contribution in [2.24, 2.45) is 0 Å². The normalized spacial score (nSPS) is 18.7. The zero-order valence-corrected chi connectivity index (χ0v) is 13.9. The van der Waals surface area contributed by atoms with E-state index in [-0.39, 0.29) is 19.1 Å². The Morgan fingerprint density at radius 3 is 2.52 bits per heavy atom. The number of hydrogen-bond donors (Lipinski definition) is 0. The van der Waals surface area contributed by atoms with Crippen molar-refractivity contribution in [1.82, 2.24) is 0 Å². The van der Waals surface area contributed by atoms with Gasteiger partial charge in [-0.3, -0.25) is 4.79 Å². The van der Waals surface area contributed by atoms with Crippen molar-refractivity contribution >= 4 is 17.9 Å². The first-order valence-corrected chi connectivity index (χ1v) is 7.77. The number of allylic oxidation sites excluding steroid dienone is 2. The highest BCUT2D eigenvalue weighted by molar-refractivity contribution is 5.95. The summed E-state index contributed by atoms with van der Waals surface area (Å²) in [7, 11) is 0. The Morgan fingerprint density at radius 1 is 1.17 bits per heavy atom. The molecule has 6 nitrogen and oxygen atoms in total. The van der Waals surface area contributed by atoms with Gasteiger partial charge in [-0.15, -0.1) is 0 Å². The second-order valence-electron chi connectivity index (χ2n) is 5.39. The Labute approximate surface area is 136 Å². The van der Waals surface area contributed by atoms with Gasteiger partial charge >= 0.3 is 17.9 Å². The van der Waals surface area contributed by atoms with Gasteiger partial charge in [0, 0.05) is 24.2 Å². The topological polar surface area (TPSA) is 78.9 Å². The Balaban J connectivity index is 2.27. The van der Waals surface area contributed by atoms with Crippen molar-refractivity contribution in [3.8, 4) is 0 Å². The van der Waals surface area contributed by atoms with E-state index in [2.05, 4.69) is 4.74 Å². The molecule has 0 amide bonds. The van der Waals surface area contributed by atoms with Crippen LogP contribution in [0.25, 0.3) is 0 Å². The molecule has 0 bridgehead atoms. The lowest BCUT2D eigenvalue weighted by Gasteiger charge is -2.10. The molecule has 0 aromatic carbocycles. The van der Waals surface area contributed by atoms with Gasteiger partial charge in [0.1, 0.15) is 6.61 Å². The van der Waals surface area contributed by atoms with Gasteiger partial charge in [-0.25, -0.2) is 9.59 Å². The van der Waals surface area contributed by atoms with Crippen molar-refractivity contribution in [2.75, 3.05) is 13.2 Å². The Hall–Kier alpha value is -1.95. The Morgan fingerprint density at radius 2 is 1.91 bits per heavy atom. The largest absolute Gasteiger partial charge is 0.460 e. The molecule has 0 aliphatic carbocycles. The van der Waals surface area contributed by atoms with Crippen LogP contribution in [0.15, 0.2) is 23.3 Å². The van der Waals surface area contributed by atoms with E-state index in [0.717, 1.165) is 12.8 Å². The average molecular weight is 324 g/mol. The quantitative estimate of drug-likeness (QED) is 0.407. The molecular formula is C17H24O6. The number of carbonyl (C=O) groups is 3. The summed E-state index contributed by atoms with van der Waals surface area (Å²) in [4.78, 5) is 34.6. The molecule has 0 radical (unpaired) electrons. The smallest absolute Gasteiger partial charge is 0.341 e. The van der Waals surface area contributed by atoms with E-state index in [9.17, 15) is 14.4 Å². The highest BCUT2D eigenvalue weighted by Gasteiger charge is 2.18. The highest BCUT2D eigenvalue weighted by Crippen LogP contribution is 2.13. The molecule has 0 N–H and O–H groups in total. The minimum absolute atomic E-state index is 0.0115. The molecular weight excluding hydrogens is 300 g/mol. The van der Waals surface area contributed by atoms with Gasteiger partial charge in [-0.2, -0.15) is 0 Å². The van der Waals surface area contributed by atoms with E-state index in [1.165, 1.54) is 0 Å². The third kappa shape index (κ3) is 7.23. The highest BCUT2D eigenvalue weighted by atomic mass is 16.6. The predicted octanol–water partition coefficient (Wildman–Crippen LogP) is 2.47. The fourth-order valence-corrected chi connectivity index (χ4v) is 1.90. The van der Waals surface area contributed by atoms with Crippen LogP contribution >= 0.6 is 0 Å². The van der Waals surface area contributed by atoms with E-state index >= 15 is 0 Å².